The molecule has 0 bridgehead atoms. The molecule has 0 aliphatic carbocycles. The van der Waals surface area contributed by atoms with Crippen molar-refractivity contribution in [1.29, 1.82) is 0 Å². The molecule has 1 heterocycles. The quantitative estimate of drug-likeness (QED) is 0.570. The lowest BCUT2D eigenvalue weighted by atomic mass is 9.98. The fraction of sp³-hybridized carbons (Fsp3) is 0.381. The van der Waals surface area contributed by atoms with Crippen molar-refractivity contribution in [3.05, 3.63) is 59.2 Å². The number of carbonyl (C=O) groups excluding carboxylic acids is 1. The van der Waals surface area contributed by atoms with Gasteiger partial charge in [0.25, 0.3) is 0 Å². The topological polar surface area (TPSA) is 66.5 Å². The molecule has 168 valence electrons. The van der Waals surface area contributed by atoms with E-state index >= 15 is 0 Å². The Balaban J connectivity index is 1.62. The summed E-state index contributed by atoms with van der Waals surface area (Å²) >= 11 is -0.240. The van der Waals surface area contributed by atoms with Gasteiger partial charge in [-0.1, -0.05) is 31.2 Å². The molecule has 0 radical (unpaired) electrons. The third-order valence-corrected chi connectivity index (χ3v) is 6.84. The predicted molar refractivity (Wildman–Crippen MR) is 115 cm³/mol. The molecule has 2 aromatic rings. The largest absolute Gasteiger partial charge is 0.446 e. The molecule has 0 fully saturated rings. The van der Waals surface area contributed by atoms with Crippen molar-refractivity contribution in [3.8, 4) is 0 Å². The number of amides is 1. The van der Waals surface area contributed by atoms with Crippen LogP contribution in [0.25, 0.3) is 0 Å². The molecular formula is C21H23F3N2O3S2. The number of benzene rings is 2. The van der Waals surface area contributed by atoms with E-state index in [9.17, 15) is 26.4 Å². The number of carbonyl (C=O) groups is 1. The number of rotatable bonds is 8. The molecule has 31 heavy (non-hydrogen) atoms. The highest BCUT2D eigenvalue weighted by molar-refractivity contribution is 8.00. The zero-order valence-corrected chi connectivity index (χ0v) is 18.5. The smallest absolute Gasteiger partial charge is 0.312 e. The molecule has 1 aliphatic heterocycles. The van der Waals surface area contributed by atoms with Gasteiger partial charge in [-0.25, -0.2) is 13.1 Å². The second-order valence-corrected chi connectivity index (χ2v) is 10.2. The van der Waals surface area contributed by atoms with Gasteiger partial charge in [0, 0.05) is 30.1 Å². The number of fused-ring (bicyclic) bond motifs is 1. The lowest BCUT2D eigenvalue weighted by Crippen LogP contribution is -2.35. The maximum absolute atomic E-state index is 12.4. The Morgan fingerprint density at radius 1 is 1.06 bits per heavy atom. The number of nitrogens with zero attached hydrogens (tertiary/aromatic N) is 1. The van der Waals surface area contributed by atoms with Gasteiger partial charge in [-0.3, -0.25) is 4.79 Å². The molecule has 5 nitrogen and oxygen atoms in total. The zero-order valence-electron chi connectivity index (χ0n) is 16.9. The number of hydrogen-bond donors (Lipinski definition) is 1. The van der Waals surface area contributed by atoms with Crippen LogP contribution in [0, 0.1) is 0 Å². The second kappa shape index (κ2) is 9.62. The second-order valence-electron chi connectivity index (χ2n) is 7.28. The lowest BCUT2D eigenvalue weighted by molar-refractivity contribution is -0.118. The Bertz CT molecular complexity index is 1040. The molecule has 0 atom stereocenters. The maximum Gasteiger partial charge on any atom is 0.446 e. The molecular weight excluding hydrogens is 449 g/mol. The Hall–Kier alpha value is -2.04. The van der Waals surface area contributed by atoms with Crippen molar-refractivity contribution in [2.45, 2.75) is 48.9 Å². The molecule has 1 N–H and O–H groups in total. The minimum atomic E-state index is -4.38. The van der Waals surface area contributed by atoms with Crippen LogP contribution in [0.2, 0.25) is 0 Å². The zero-order chi connectivity index (χ0) is 22.6. The first-order valence-electron chi connectivity index (χ1n) is 9.80. The predicted octanol–water partition coefficient (Wildman–Crippen LogP) is 4.61. The summed E-state index contributed by atoms with van der Waals surface area (Å²) in [5.74, 6) is -0.226. The van der Waals surface area contributed by atoms with Crippen LogP contribution in [0.1, 0.15) is 36.5 Å². The van der Waals surface area contributed by atoms with Crippen molar-refractivity contribution in [2.75, 3.05) is 11.4 Å². The van der Waals surface area contributed by atoms with E-state index in [-0.39, 0.29) is 34.9 Å². The van der Waals surface area contributed by atoms with Gasteiger partial charge >= 0.3 is 5.51 Å². The Labute approximate surface area is 184 Å². The first-order chi connectivity index (χ1) is 14.6. The third kappa shape index (κ3) is 6.72. The summed E-state index contributed by atoms with van der Waals surface area (Å²) in [5, 5.41) is 0. The van der Waals surface area contributed by atoms with Gasteiger partial charge in [0.1, 0.15) is 0 Å². The van der Waals surface area contributed by atoms with Crippen molar-refractivity contribution >= 4 is 33.4 Å². The number of anilines is 1. The van der Waals surface area contributed by atoms with Gasteiger partial charge < -0.3 is 4.90 Å². The summed E-state index contributed by atoms with van der Waals surface area (Å²) < 4.78 is 64.5. The summed E-state index contributed by atoms with van der Waals surface area (Å²) in [4.78, 5) is 13.9. The van der Waals surface area contributed by atoms with E-state index in [1.807, 2.05) is 19.1 Å². The summed E-state index contributed by atoms with van der Waals surface area (Å²) in [6.07, 6.45) is 1.91. The van der Waals surface area contributed by atoms with E-state index in [1.54, 1.807) is 11.0 Å². The molecule has 0 spiro atoms. The summed E-state index contributed by atoms with van der Waals surface area (Å²) in [5.41, 5.74) is -1.31. The van der Waals surface area contributed by atoms with Crippen molar-refractivity contribution in [2.24, 2.45) is 0 Å². The van der Waals surface area contributed by atoms with E-state index in [0.29, 0.717) is 24.9 Å². The molecule has 3 rings (SSSR count). The molecule has 0 aromatic heterocycles. The van der Waals surface area contributed by atoms with E-state index < -0.39 is 15.5 Å². The lowest BCUT2D eigenvalue weighted by Gasteiger charge is -2.29. The van der Waals surface area contributed by atoms with E-state index in [0.717, 1.165) is 23.2 Å². The van der Waals surface area contributed by atoms with Crippen LogP contribution in [-0.2, 0) is 33.5 Å². The third-order valence-electron chi connectivity index (χ3n) is 4.80. The van der Waals surface area contributed by atoms with E-state index in [4.69, 9.17) is 0 Å². The van der Waals surface area contributed by atoms with Gasteiger partial charge in [-0.15, -0.1) is 0 Å². The number of sulfonamides is 1. The van der Waals surface area contributed by atoms with Crippen LogP contribution >= 0.6 is 11.8 Å². The van der Waals surface area contributed by atoms with Crippen molar-refractivity contribution in [3.63, 3.8) is 0 Å². The average molecular weight is 473 g/mol. The standard InChI is InChI=1S/C21H23F3N2O3S2/c1-2-11-26-19-9-5-16(12-17(19)6-10-20(26)27)13-25-31(28,29)14-15-3-7-18(8-4-15)30-21(22,23)24/h3-5,7-9,12,25H,2,6,10-11,13-14H2,1H3. The monoisotopic (exact) mass is 472 g/mol. The first kappa shape index (κ1) is 23.6. The maximum atomic E-state index is 12.4. The minimum Gasteiger partial charge on any atom is -0.312 e. The molecule has 1 aliphatic rings. The van der Waals surface area contributed by atoms with Crippen LogP contribution < -0.4 is 9.62 Å². The highest BCUT2D eigenvalue weighted by Crippen LogP contribution is 2.36. The number of aryl methyl sites for hydroxylation is 1. The van der Waals surface area contributed by atoms with Gasteiger partial charge in [-0.05, 0) is 59.5 Å². The van der Waals surface area contributed by atoms with Crippen LogP contribution in [0.15, 0.2) is 47.4 Å². The van der Waals surface area contributed by atoms with Crippen LogP contribution in [0.4, 0.5) is 18.9 Å². The van der Waals surface area contributed by atoms with Crippen molar-refractivity contribution < 1.29 is 26.4 Å². The molecule has 2 aromatic carbocycles. The molecule has 0 unspecified atom stereocenters. The van der Waals surface area contributed by atoms with Gasteiger partial charge in [0.05, 0.1) is 5.75 Å². The molecule has 10 heteroatoms. The average Bonchev–Trinajstić information content (AvgIpc) is 2.69. The fourth-order valence-corrected chi connectivity index (χ4v) is 5.10. The Morgan fingerprint density at radius 2 is 1.74 bits per heavy atom. The van der Waals surface area contributed by atoms with E-state index in [2.05, 4.69) is 4.72 Å². The Morgan fingerprint density at radius 3 is 2.39 bits per heavy atom. The summed E-state index contributed by atoms with van der Waals surface area (Å²) in [6.45, 7) is 2.75. The normalized spacial score (nSPS) is 14.6. The molecule has 0 saturated carbocycles. The number of hydrogen-bond acceptors (Lipinski definition) is 4. The van der Waals surface area contributed by atoms with Gasteiger partial charge in [0.2, 0.25) is 15.9 Å². The van der Waals surface area contributed by atoms with E-state index in [1.165, 1.54) is 24.3 Å². The fourth-order valence-electron chi connectivity index (χ4n) is 3.44. The van der Waals surface area contributed by atoms with Crippen molar-refractivity contribution in [1.82, 2.24) is 4.72 Å². The highest BCUT2D eigenvalue weighted by atomic mass is 32.2. The highest BCUT2D eigenvalue weighted by Gasteiger charge is 2.29. The number of halogens is 3. The van der Waals surface area contributed by atoms with Gasteiger partial charge in [-0.2, -0.15) is 13.2 Å². The summed E-state index contributed by atoms with van der Waals surface area (Å²) in [6, 6.07) is 10.8. The van der Waals surface area contributed by atoms with Gasteiger partial charge in [0.15, 0.2) is 0 Å². The Kier molecular flexibility index (Phi) is 7.33. The SMILES string of the molecule is CCCN1C(=O)CCc2cc(CNS(=O)(=O)Cc3ccc(SC(F)(F)F)cc3)ccc21. The molecule has 0 saturated heterocycles. The number of alkyl halides is 3. The minimum absolute atomic E-state index is 0.00580. The number of nitrogens with one attached hydrogen (secondary N) is 1. The van der Waals surface area contributed by atoms with Crippen LogP contribution in [0.5, 0.6) is 0 Å². The van der Waals surface area contributed by atoms with Crippen LogP contribution in [-0.4, -0.2) is 26.4 Å². The summed E-state index contributed by atoms with van der Waals surface area (Å²) in [7, 11) is -3.67. The van der Waals surface area contributed by atoms with Crippen LogP contribution in [0.3, 0.4) is 0 Å². The molecule has 1 amide bonds. The number of thioether (sulfide) groups is 1. The first-order valence-corrected chi connectivity index (χ1v) is 12.3.